The Balaban J connectivity index is 1.87. The molecule has 0 saturated carbocycles. The molecular formula is C15H19N5O. The van der Waals surface area contributed by atoms with Gasteiger partial charge >= 0.3 is 0 Å². The Morgan fingerprint density at radius 3 is 2.52 bits per heavy atom. The highest BCUT2D eigenvalue weighted by Gasteiger charge is 2.26. The number of piperidine rings is 1. The summed E-state index contributed by atoms with van der Waals surface area (Å²) in [5, 5.41) is 4.21. The van der Waals surface area contributed by atoms with Crippen molar-refractivity contribution in [1.29, 1.82) is 0 Å². The van der Waals surface area contributed by atoms with Crippen LogP contribution < -0.4 is 0 Å². The van der Waals surface area contributed by atoms with Gasteiger partial charge in [-0.05, 0) is 18.9 Å². The molecule has 0 unspecified atom stereocenters. The lowest BCUT2D eigenvalue weighted by Gasteiger charge is -2.31. The molecule has 3 heterocycles. The van der Waals surface area contributed by atoms with Gasteiger partial charge in [0.15, 0.2) is 0 Å². The van der Waals surface area contributed by atoms with Gasteiger partial charge in [-0.2, -0.15) is 5.10 Å². The van der Waals surface area contributed by atoms with Gasteiger partial charge in [0.1, 0.15) is 5.69 Å². The first kappa shape index (κ1) is 13.7. The van der Waals surface area contributed by atoms with Crippen molar-refractivity contribution in [3.05, 3.63) is 30.4 Å². The summed E-state index contributed by atoms with van der Waals surface area (Å²) in [7, 11) is 1.91. The van der Waals surface area contributed by atoms with Crippen molar-refractivity contribution < 1.29 is 4.79 Å². The molecule has 110 valence electrons. The minimum Gasteiger partial charge on any atom is -0.343 e. The van der Waals surface area contributed by atoms with E-state index in [4.69, 9.17) is 0 Å². The summed E-state index contributed by atoms with van der Waals surface area (Å²) in [5.74, 6) is 0.499. The van der Waals surface area contributed by atoms with E-state index in [1.807, 2.05) is 22.7 Å². The summed E-state index contributed by atoms with van der Waals surface area (Å²) in [5.41, 5.74) is 2.90. The molecule has 21 heavy (non-hydrogen) atoms. The molecule has 2 aromatic heterocycles. The first-order valence-corrected chi connectivity index (χ1v) is 7.21. The molecule has 1 aliphatic rings. The number of carbonyl (C=O) groups excluding carboxylic acids is 1. The number of aryl methyl sites for hydroxylation is 1. The van der Waals surface area contributed by atoms with Gasteiger partial charge in [-0.25, -0.2) is 0 Å². The average molecular weight is 285 g/mol. The van der Waals surface area contributed by atoms with Crippen LogP contribution in [0.5, 0.6) is 0 Å². The average Bonchev–Trinajstić information content (AvgIpc) is 2.93. The van der Waals surface area contributed by atoms with Crippen LogP contribution >= 0.6 is 0 Å². The minimum absolute atomic E-state index is 0.152. The SMILES string of the molecule is CC(=O)N1CCC(c2nccnc2-c2ccnn2C)CC1. The summed E-state index contributed by atoms with van der Waals surface area (Å²) >= 11 is 0. The van der Waals surface area contributed by atoms with Crippen molar-refractivity contribution in [2.24, 2.45) is 7.05 Å². The lowest BCUT2D eigenvalue weighted by molar-refractivity contribution is -0.129. The second-order valence-electron chi connectivity index (χ2n) is 5.41. The fourth-order valence-electron chi connectivity index (χ4n) is 2.92. The molecule has 1 saturated heterocycles. The minimum atomic E-state index is 0.152. The smallest absolute Gasteiger partial charge is 0.219 e. The summed E-state index contributed by atoms with van der Waals surface area (Å²) in [6, 6.07) is 1.96. The number of aromatic nitrogens is 4. The van der Waals surface area contributed by atoms with Gasteiger partial charge in [-0.3, -0.25) is 19.4 Å². The summed E-state index contributed by atoms with van der Waals surface area (Å²) in [4.78, 5) is 22.4. The Morgan fingerprint density at radius 2 is 1.90 bits per heavy atom. The number of hydrogen-bond donors (Lipinski definition) is 0. The monoisotopic (exact) mass is 285 g/mol. The zero-order valence-corrected chi connectivity index (χ0v) is 12.4. The maximum atomic E-state index is 11.4. The van der Waals surface area contributed by atoms with Crippen LogP contribution in [0.2, 0.25) is 0 Å². The van der Waals surface area contributed by atoms with Gasteiger partial charge in [0.05, 0.1) is 11.4 Å². The van der Waals surface area contributed by atoms with Crippen LogP contribution in [0, 0.1) is 0 Å². The standard InChI is InChI=1S/C15H19N5O/c1-11(21)20-9-4-12(5-10-20)14-15(17-8-7-16-14)13-3-6-18-19(13)2/h3,6-8,12H,4-5,9-10H2,1-2H3. The number of likely N-dealkylation sites (tertiary alicyclic amines) is 1. The zero-order chi connectivity index (χ0) is 14.8. The first-order chi connectivity index (χ1) is 10.2. The van der Waals surface area contributed by atoms with Crippen LogP contribution in [-0.2, 0) is 11.8 Å². The highest BCUT2D eigenvalue weighted by atomic mass is 16.2. The lowest BCUT2D eigenvalue weighted by atomic mass is 9.91. The van der Waals surface area contributed by atoms with Crippen LogP contribution in [0.1, 0.15) is 31.4 Å². The Bertz CT molecular complexity index is 643. The van der Waals surface area contributed by atoms with Crippen molar-refractivity contribution in [1.82, 2.24) is 24.6 Å². The van der Waals surface area contributed by atoms with Crippen LogP contribution in [0.3, 0.4) is 0 Å². The summed E-state index contributed by atoms with van der Waals surface area (Å²) in [6.07, 6.45) is 7.10. The molecular weight excluding hydrogens is 266 g/mol. The second-order valence-corrected chi connectivity index (χ2v) is 5.41. The predicted molar refractivity (Wildman–Crippen MR) is 78.5 cm³/mol. The van der Waals surface area contributed by atoms with E-state index in [1.165, 1.54) is 0 Å². The van der Waals surface area contributed by atoms with Gasteiger partial charge in [0.25, 0.3) is 0 Å². The van der Waals surface area contributed by atoms with E-state index in [-0.39, 0.29) is 5.91 Å². The molecule has 1 amide bonds. The maximum absolute atomic E-state index is 11.4. The number of carbonyl (C=O) groups is 1. The molecule has 1 fully saturated rings. The molecule has 0 atom stereocenters. The fraction of sp³-hybridized carbons (Fsp3) is 0.467. The Morgan fingerprint density at radius 1 is 1.19 bits per heavy atom. The summed E-state index contributed by atoms with van der Waals surface area (Å²) in [6.45, 7) is 3.21. The fourth-order valence-corrected chi connectivity index (χ4v) is 2.92. The van der Waals surface area contributed by atoms with E-state index in [9.17, 15) is 4.79 Å². The third-order valence-electron chi connectivity index (χ3n) is 4.12. The summed E-state index contributed by atoms with van der Waals surface area (Å²) < 4.78 is 1.82. The van der Waals surface area contributed by atoms with E-state index in [0.717, 1.165) is 43.0 Å². The van der Waals surface area contributed by atoms with Crippen LogP contribution in [0.15, 0.2) is 24.7 Å². The van der Waals surface area contributed by atoms with Crippen molar-refractivity contribution >= 4 is 5.91 Å². The predicted octanol–water partition coefficient (Wildman–Crippen LogP) is 1.60. The second kappa shape index (κ2) is 5.63. The number of rotatable bonds is 2. The van der Waals surface area contributed by atoms with E-state index in [1.54, 1.807) is 25.5 Å². The van der Waals surface area contributed by atoms with Crippen LogP contribution in [0.25, 0.3) is 11.4 Å². The Hall–Kier alpha value is -2.24. The molecule has 0 aromatic carbocycles. The van der Waals surface area contributed by atoms with Crippen LogP contribution in [0.4, 0.5) is 0 Å². The molecule has 0 N–H and O–H groups in total. The molecule has 3 rings (SSSR count). The van der Waals surface area contributed by atoms with Gasteiger partial charge in [-0.15, -0.1) is 0 Å². The van der Waals surface area contributed by atoms with Gasteiger partial charge < -0.3 is 4.90 Å². The largest absolute Gasteiger partial charge is 0.343 e. The molecule has 6 nitrogen and oxygen atoms in total. The highest BCUT2D eigenvalue weighted by molar-refractivity contribution is 5.73. The van der Waals surface area contributed by atoms with Gasteiger partial charge in [0.2, 0.25) is 5.91 Å². The van der Waals surface area contributed by atoms with Crippen molar-refractivity contribution in [3.8, 4) is 11.4 Å². The van der Waals surface area contributed by atoms with Crippen molar-refractivity contribution in [2.45, 2.75) is 25.7 Å². The molecule has 0 aliphatic carbocycles. The van der Waals surface area contributed by atoms with E-state index in [2.05, 4.69) is 15.1 Å². The Labute approximate surface area is 123 Å². The number of amides is 1. The van der Waals surface area contributed by atoms with Gasteiger partial charge in [0, 0.05) is 51.6 Å². The quantitative estimate of drug-likeness (QED) is 0.841. The molecule has 2 aromatic rings. The Kier molecular flexibility index (Phi) is 3.68. The first-order valence-electron chi connectivity index (χ1n) is 7.21. The van der Waals surface area contributed by atoms with Gasteiger partial charge in [-0.1, -0.05) is 0 Å². The normalized spacial score (nSPS) is 16.2. The van der Waals surface area contributed by atoms with Crippen molar-refractivity contribution in [3.63, 3.8) is 0 Å². The maximum Gasteiger partial charge on any atom is 0.219 e. The topological polar surface area (TPSA) is 63.9 Å². The zero-order valence-electron chi connectivity index (χ0n) is 12.4. The number of hydrogen-bond acceptors (Lipinski definition) is 4. The molecule has 0 spiro atoms. The van der Waals surface area contributed by atoms with Crippen molar-refractivity contribution in [2.75, 3.05) is 13.1 Å². The van der Waals surface area contributed by atoms with Crippen LogP contribution in [-0.4, -0.2) is 43.6 Å². The highest BCUT2D eigenvalue weighted by Crippen LogP contribution is 2.32. The number of nitrogens with zero attached hydrogens (tertiary/aromatic N) is 5. The molecule has 0 radical (unpaired) electrons. The third kappa shape index (κ3) is 2.66. The third-order valence-corrected chi connectivity index (χ3v) is 4.12. The molecule has 6 heteroatoms. The molecule has 1 aliphatic heterocycles. The van der Waals surface area contributed by atoms with E-state index in [0.29, 0.717) is 5.92 Å². The van der Waals surface area contributed by atoms with E-state index >= 15 is 0 Å². The van der Waals surface area contributed by atoms with E-state index < -0.39 is 0 Å². The molecule has 0 bridgehead atoms. The lowest BCUT2D eigenvalue weighted by Crippen LogP contribution is -2.36.